The minimum atomic E-state index is -2.95. The second-order valence-corrected chi connectivity index (χ2v) is 4.67. The molecule has 5 nitrogen and oxygen atoms in total. The van der Waals surface area contributed by atoms with Gasteiger partial charge in [-0.3, -0.25) is 9.36 Å². The average Bonchev–Trinajstić information content (AvgIpc) is 2.48. The fourth-order valence-electron chi connectivity index (χ4n) is 2.25. The summed E-state index contributed by atoms with van der Waals surface area (Å²) >= 11 is 0. The van der Waals surface area contributed by atoms with Crippen molar-refractivity contribution in [2.45, 2.75) is 6.61 Å². The van der Waals surface area contributed by atoms with Crippen molar-refractivity contribution in [2.75, 3.05) is 5.73 Å². The molecular formula is C15H10F3N3O2. The van der Waals surface area contributed by atoms with E-state index in [9.17, 15) is 18.0 Å². The van der Waals surface area contributed by atoms with Crippen LogP contribution in [0.5, 0.6) is 5.75 Å². The Labute approximate surface area is 127 Å². The Hall–Kier alpha value is -3.03. The molecule has 0 amide bonds. The van der Waals surface area contributed by atoms with Gasteiger partial charge in [0, 0.05) is 17.8 Å². The topological polar surface area (TPSA) is 70.1 Å². The number of anilines is 1. The number of hydrogen-bond donors (Lipinski definition) is 1. The summed E-state index contributed by atoms with van der Waals surface area (Å²) in [7, 11) is 0. The zero-order chi connectivity index (χ0) is 16.6. The number of fused-ring (bicyclic) bond motifs is 1. The maximum atomic E-state index is 13.5. The fourth-order valence-corrected chi connectivity index (χ4v) is 2.25. The van der Waals surface area contributed by atoms with Gasteiger partial charge in [-0.15, -0.1) is 0 Å². The molecule has 8 heteroatoms. The molecule has 23 heavy (non-hydrogen) atoms. The van der Waals surface area contributed by atoms with Crippen LogP contribution in [0.25, 0.3) is 16.7 Å². The van der Waals surface area contributed by atoms with E-state index >= 15 is 0 Å². The molecule has 3 rings (SSSR count). The zero-order valence-electron chi connectivity index (χ0n) is 11.5. The van der Waals surface area contributed by atoms with Gasteiger partial charge in [-0.2, -0.15) is 8.78 Å². The lowest BCUT2D eigenvalue weighted by molar-refractivity contribution is -0.0498. The molecule has 2 N–H and O–H groups in total. The number of nitrogen functional groups attached to an aromatic ring is 1. The summed E-state index contributed by atoms with van der Waals surface area (Å²) in [6, 6.07) is 7.66. The zero-order valence-corrected chi connectivity index (χ0v) is 11.5. The largest absolute Gasteiger partial charge is 0.435 e. The number of rotatable bonds is 3. The van der Waals surface area contributed by atoms with Gasteiger partial charge < -0.3 is 10.5 Å². The van der Waals surface area contributed by atoms with Crippen LogP contribution >= 0.6 is 0 Å². The lowest BCUT2D eigenvalue weighted by Gasteiger charge is -2.12. The summed E-state index contributed by atoms with van der Waals surface area (Å²) in [4.78, 5) is 16.1. The van der Waals surface area contributed by atoms with Crippen molar-refractivity contribution in [1.82, 2.24) is 9.55 Å². The Bertz CT molecular complexity index is 924. The van der Waals surface area contributed by atoms with Crippen molar-refractivity contribution in [2.24, 2.45) is 0 Å². The highest BCUT2D eigenvalue weighted by atomic mass is 19.3. The third-order valence-corrected chi connectivity index (χ3v) is 3.17. The molecule has 0 saturated carbocycles. The van der Waals surface area contributed by atoms with E-state index in [4.69, 9.17) is 5.73 Å². The predicted molar refractivity (Wildman–Crippen MR) is 78.3 cm³/mol. The summed E-state index contributed by atoms with van der Waals surface area (Å²) in [5, 5.41) is 0. The van der Waals surface area contributed by atoms with Crippen LogP contribution in [0.3, 0.4) is 0 Å². The van der Waals surface area contributed by atoms with Gasteiger partial charge in [0.05, 0.1) is 17.4 Å². The highest BCUT2D eigenvalue weighted by Crippen LogP contribution is 2.22. The first-order chi connectivity index (χ1) is 11.0. The molecule has 0 fully saturated rings. The van der Waals surface area contributed by atoms with Gasteiger partial charge in [-0.1, -0.05) is 0 Å². The van der Waals surface area contributed by atoms with Crippen LogP contribution in [0.4, 0.5) is 18.9 Å². The Morgan fingerprint density at radius 1 is 1.17 bits per heavy atom. The Kier molecular flexibility index (Phi) is 3.65. The standard InChI is InChI=1S/C15H10F3N3O2/c16-8-5-12-14(20-7-8)11(19)6-13(22)21(12)9-1-3-10(4-2-9)23-15(17)18/h1-7,15H,19H2. The summed E-state index contributed by atoms with van der Waals surface area (Å²) in [5.41, 5.74) is 6.14. The maximum Gasteiger partial charge on any atom is 0.387 e. The molecule has 0 radical (unpaired) electrons. The number of nitrogens with zero attached hydrogens (tertiary/aromatic N) is 2. The fraction of sp³-hybridized carbons (Fsp3) is 0.0667. The van der Waals surface area contributed by atoms with E-state index in [1.807, 2.05) is 0 Å². The molecule has 0 saturated heterocycles. The van der Waals surface area contributed by atoms with E-state index in [-0.39, 0.29) is 22.5 Å². The number of halogens is 3. The summed E-state index contributed by atoms with van der Waals surface area (Å²) in [6.07, 6.45) is 0.993. The van der Waals surface area contributed by atoms with Gasteiger partial charge in [-0.25, -0.2) is 9.37 Å². The van der Waals surface area contributed by atoms with E-state index in [0.717, 1.165) is 18.3 Å². The van der Waals surface area contributed by atoms with Gasteiger partial charge >= 0.3 is 6.61 Å². The third-order valence-electron chi connectivity index (χ3n) is 3.17. The Balaban J connectivity index is 2.19. The van der Waals surface area contributed by atoms with Crippen LogP contribution in [0.15, 0.2) is 47.4 Å². The first kappa shape index (κ1) is 14.9. The van der Waals surface area contributed by atoms with E-state index in [1.165, 1.54) is 28.8 Å². The van der Waals surface area contributed by atoms with Crippen molar-refractivity contribution < 1.29 is 17.9 Å². The molecule has 0 atom stereocenters. The van der Waals surface area contributed by atoms with Crippen LogP contribution in [0.2, 0.25) is 0 Å². The molecule has 3 aromatic rings. The van der Waals surface area contributed by atoms with Crippen molar-refractivity contribution in [3.05, 3.63) is 58.8 Å². The maximum absolute atomic E-state index is 13.5. The van der Waals surface area contributed by atoms with Crippen LogP contribution in [0.1, 0.15) is 0 Å². The number of ether oxygens (including phenoxy) is 1. The molecular weight excluding hydrogens is 311 g/mol. The smallest absolute Gasteiger partial charge is 0.387 e. The minimum Gasteiger partial charge on any atom is -0.435 e. The normalized spacial score (nSPS) is 11.1. The molecule has 0 aliphatic rings. The number of benzene rings is 1. The number of aromatic nitrogens is 2. The lowest BCUT2D eigenvalue weighted by Crippen LogP contribution is -2.19. The monoisotopic (exact) mass is 321 g/mol. The van der Waals surface area contributed by atoms with Gasteiger partial charge in [0.15, 0.2) is 0 Å². The number of hydrogen-bond acceptors (Lipinski definition) is 4. The summed E-state index contributed by atoms with van der Waals surface area (Å²) in [5.74, 6) is -0.685. The number of alkyl halides is 2. The van der Waals surface area contributed by atoms with Crippen molar-refractivity contribution in [1.29, 1.82) is 0 Å². The van der Waals surface area contributed by atoms with E-state index < -0.39 is 18.0 Å². The lowest BCUT2D eigenvalue weighted by atomic mass is 10.2. The minimum absolute atomic E-state index is 0.0548. The Morgan fingerprint density at radius 2 is 1.87 bits per heavy atom. The van der Waals surface area contributed by atoms with Gasteiger partial charge in [-0.05, 0) is 24.3 Å². The molecule has 0 spiro atoms. The predicted octanol–water partition coefficient (Wildman–Crippen LogP) is 2.71. The highest BCUT2D eigenvalue weighted by Gasteiger charge is 2.12. The molecule has 0 aliphatic carbocycles. The van der Waals surface area contributed by atoms with Crippen molar-refractivity contribution in [3.8, 4) is 11.4 Å². The van der Waals surface area contributed by atoms with Gasteiger partial charge in [0.25, 0.3) is 5.56 Å². The van der Waals surface area contributed by atoms with Crippen LogP contribution in [0, 0.1) is 5.82 Å². The molecule has 2 aromatic heterocycles. The molecule has 118 valence electrons. The highest BCUT2D eigenvalue weighted by molar-refractivity contribution is 5.87. The van der Waals surface area contributed by atoms with Crippen molar-refractivity contribution >= 4 is 16.7 Å². The second kappa shape index (κ2) is 5.64. The van der Waals surface area contributed by atoms with Crippen molar-refractivity contribution in [3.63, 3.8) is 0 Å². The molecule has 0 unspecified atom stereocenters. The molecule has 0 bridgehead atoms. The van der Waals surface area contributed by atoms with E-state index in [0.29, 0.717) is 5.69 Å². The average molecular weight is 321 g/mol. The Morgan fingerprint density at radius 3 is 2.52 bits per heavy atom. The second-order valence-electron chi connectivity index (χ2n) is 4.67. The summed E-state index contributed by atoms with van der Waals surface area (Å²) in [6.45, 7) is -2.95. The quantitative estimate of drug-likeness (QED) is 0.805. The molecule has 1 aromatic carbocycles. The van der Waals surface area contributed by atoms with Gasteiger partial charge in [0.1, 0.15) is 17.1 Å². The van der Waals surface area contributed by atoms with Crippen LogP contribution < -0.4 is 16.0 Å². The van der Waals surface area contributed by atoms with Crippen LogP contribution in [-0.4, -0.2) is 16.2 Å². The number of pyridine rings is 2. The first-order valence-corrected chi connectivity index (χ1v) is 6.48. The third kappa shape index (κ3) is 2.83. The van der Waals surface area contributed by atoms with E-state index in [1.54, 1.807) is 0 Å². The first-order valence-electron chi connectivity index (χ1n) is 6.48. The van der Waals surface area contributed by atoms with Gasteiger partial charge in [0.2, 0.25) is 0 Å². The summed E-state index contributed by atoms with van der Waals surface area (Å²) < 4.78 is 43.2. The molecule has 2 heterocycles. The number of nitrogens with two attached hydrogens (primary N) is 1. The van der Waals surface area contributed by atoms with E-state index in [2.05, 4.69) is 9.72 Å². The SMILES string of the molecule is Nc1cc(=O)n(-c2ccc(OC(F)F)cc2)c2cc(F)cnc12. The van der Waals surface area contributed by atoms with Crippen LogP contribution in [-0.2, 0) is 0 Å². The molecule has 0 aliphatic heterocycles.